The molecule has 0 saturated heterocycles. The number of hydrogen-bond acceptors (Lipinski definition) is 2. The minimum atomic E-state index is 0.0512. The Balaban J connectivity index is 3.28. The minimum Gasteiger partial charge on any atom is -0.493 e. The van der Waals surface area contributed by atoms with Crippen molar-refractivity contribution < 1.29 is 9.53 Å². The summed E-state index contributed by atoms with van der Waals surface area (Å²) in [7, 11) is 0. The predicted molar refractivity (Wildman–Crippen MR) is 89.5 cm³/mol. The van der Waals surface area contributed by atoms with Crippen molar-refractivity contribution in [2.45, 2.75) is 58.8 Å². The van der Waals surface area contributed by atoms with Crippen molar-refractivity contribution in [1.29, 1.82) is 0 Å². The summed E-state index contributed by atoms with van der Waals surface area (Å²) in [6.07, 6.45) is 6.58. The predicted octanol–water partition coefficient (Wildman–Crippen LogP) is 5.09. The van der Waals surface area contributed by atoms with E-state index in [0.717, 1.165) is 43.3 Å². The van der Waals surface area contributed by atoms with Crippen LogP contribution in [0, 0.1) is 0 Å². The monoisotopic (exact) mass is 288 g/mol. The summed E-state index contributed by atoms with van der Waals surface area (Å²) in [6, 6.07) is 4.14. The topological polar surface area (TPSA) is 26.3 Å². The fourth-order valence-electron chi connectivity index (χ4n) is 2.20. The van der Waals surface area contributed by atoms with Crippen LogP contribution in [0.4, 0.5) is 0 Å². The summed E-state index contributed by atoms with van der Waals surface area (Å²) in [5.41, 5.74) is 2.95. The first-order chi connectivity index (χ1) is 10.00. The lowest BCUT2D eigenvalue weighted by atomic mass is 9.80. The maximum absolute atomic E-state index is 11.5. The van der Waals surface area contributed by atoms with Gasteiger partial charge in [-0.2, -0.15) is 0 Å². The van der Waals surface area contributed by atoms with E-state index in [2.05, 4.69) is 40.3 Å². The van der Waals surface area contributed by atoms with Gasteiger partial charge in [-0.3, -0.25) is 4.79 Å². The van der Waals surface area contributed by atoms with Crippen LogP contribution in [0.25, 0.3) is 0 Å². The minimum absolute atomic E-state index is 0.0512. The molecule has 2 nitrogen and oxygen atoms in total. The summed E-state index contributed by atoms with van der Waals surface area (Å²) >= 11 is 0. The van der Waals surface area contributed by atoms with Gasteiger partial charge in [0.05, 0.1) is 12.2 Å². The lowest BCUT2D eigenvalue weighted by Crippen LogP contribution is -2.17. The van der Waals surface area contributed by atoms with E-state index in [9.17, 15) is 4.79 Å². The molecule has 0 bridgehead atoms. The Kier molecular flexibility index (Phi) is 6.67. The van der Waals surface area contributed by atoms with Crippen molar-refractivity contribution in [3.05, 3.63) is 41.5 Å². The molecule has 0 atom stereocenters. The molecule has 116 valence electrons. The molecule has 0 radical (unpaired) electrons. The van der Waals surface area contributed by atoms with Gasteiger partial charge < -0.3 is 4.74 Å². The Hall–Kier alpha value is -1.57. The van der Waals surface area contributed by atoms with Gasteiger partial charge in [-0.25, -0.2) is 0 Å². The third-order valence-electron chi connectivity index (χ3n) is 4.10. The fraction of sp³-hybridized carbons (Fsp3) is 0.526. The summed E-state index contributed by atoms with van der Waals surface area (Å²) in [6.45, 7) is 13.2. The molecule has 0 unspecified atom stereocenters. The van der Waals surface area contributed by atoms with Crippen molar-refractivity contribution in [3.8, 4) is 5.75 Å². The fourth-order valence-corrected chi connectivity index (χ4v) is 2.20. The van der Waals surface area contributed by atoms with E-state index < -0.39 is 0 Å². The number of hydrogen-bond donors (Lipinski definition) is 0. The normalized spacial score (nSPS) is 11.2. The molecule has 1 aromatic carbocycles. The summed E-state index contributed by atoms with van der Waals surface area (Å²) in [5, 5.41) is 0. The summed E-state index contributed by atoms with van der Waals surface area (Å²) in [5.74, 6) is 0.731. The van der Waals surface area contributed by atoms with Crippen molar-refractivity contribution >= 4 is 6.29 Å². The van der Waals surface area contributed by atoms with Gasteiger partial charge >= 0.3 is 0 Å². The largest absolute Gasteiger partial charge is 0.493 e. The van der Waals surface area contributed by atoms with Gasteiger partial charge in [0.15, 0.2) is 6.29 Å². The molecule has 0 amide bonds. The van der Waals surface area contributed by atoms with Gasteiger partial charge in [-0.05, 0) is 41.9 Å². The molecular formula is C19H28O2. The standard InChI is InChI=1S/C19H28O2/c1-6-9-11-21-18-15(10-7-2)12-17(13-16(18)14-20)19(4,5)8-3/h7,12-14H,2,6,8-11H2,1,3-5H3. The van der Waals surface area contributed by atoms with Crippen LogP contribution in [-0.2, 0) is 11.8 Å². The number of rotatable bonds is 9. The van der Waals surface area contributed by atoms with Gasteiger partial charge in [0.1, 0.15) is 5.75 Å². The van der Waals surface area contributed by atoms with E-state index in [0.29, 0.717) is 12.2 Å². The van der Waals surface area contributed by atoms with Gasteiger partial charge in [0.2, 0.25) is 0 Å². The Morgan fingerprint density at radius 2 is 2.00 bits per heavy atom. The molecule has 2 heteroatoms. The molecule has 0 spiro atoms. The first-order valence-electron chi connectivity index (χ1n) is 7.86. The van der Waals surface area contributed by atoms with Crippen molar-refractivity contribution in [3.63, 3.8) is 0 Å². The van der Waals surface area contributed by atoms with Crippen LogP contribution in [0.15, 0.2) is 24.8 Å². The Morgan fingerprint density at radius 1 is 1.29 bits per heavy atom. The van der Waals surface area contributed by atoms with Crippen molar-refractivity contribution in [2.75, 3.05) is 6.61 Å². The van der Waals surface area contributed by atoms with Crippen LogP contribution in [0.5, 0.6) is 5.75 Å². The van der Waals surface area contributed by atoms with Crippen LogP contribution in [0.3, 0.4) is 0 Å². The first kappa shape index (κ1) is 17.5. The summed E-state index contributed by atoms with van der Waals surface area (Å²) < 4.78 is 5.87. The van der Waals surface area contributed by atoms with E-state index >= 15 is 0 Å². The van der Waals surface area contributed by atoms with Crippen LogP contribution in [-0.4, -0.2) is 12.9 Å². The third kappa shape index (κ3) is 4.45. The number of allylic oxidation sites excluding steroid dienone is 1. The lowest BCUT2D eigenvalue weighted by Gasteiger charge is -2.25. The van der Waals surface area contributed by atoms with Gasteiger partial charge in [0.25, 0.3) is 0 Å². The quantitative estimate of drug-likeness (QED) is 0.359. The highest BCUT2D eigenvalue weighted by Crippen LogP contribution is 2.33. The number of aldehydes is 1. The van der Waals surface area contributed by atoms with Crippen LogP contribution < -0.4 is 4.74 Å². The van der Waals surface area contributed by atoms with E-state index in [1.165, 1.54) is 5.56 Å². The molecule has 0 aromatic heterocycles. The average Bonchev–Trinajstić information content (AvgIpc) is 2.48. The van der Waals surface area contributed by atoms with E-state index in [1.54, 1.807) is 0 Å². The molecular weight excluding hydrogens is 260 g/mol. The van der Waals surface area contributed by atoms with E-state index in [1.807, 2.05) is 12.1 Å². The smallest absolute Gasteiger partial charge is 0.153 e. The van der Waals surface area contributed by atoms with Crippen molar-refractivity contribution in [2.24, 2.45) is 0 Å². The van der Waals surface area contributed by atoms with Crippen molar-refractivity contribution in [1.82, 2.24) is 0 Å². The zero-order chi connectivity index (χ0) is 15.9. The molecule has 1 aromatic rings. The highest BCUT2D eigenvalue weighted by atomic mass is 16.5. The number of carbonyl (C=O) groups is 1. The Morgan fingerprint density at radius 3 is 2.52 bits per heavy atom. The molecule has 0 N–H and O–H groups in total. The Bertz CT molecular complexity index is 487. The molecule has 0 aliphatic carbocycles. The van der Waals surface area contributed by atoms with Gasteiger partial charge in [0, 0.05) is 0 Å². The second-order valence-corrected chi connectivity index (χ2v) is 6.10. The molecule has 0 fully saturated rings. The first-order valence-corrected chi connectivity index (χ1v) is 7.86. The lowest BCUT2D eigenvalue weighted by molar-refractivity contribution is 0.111. The molecule has 0 saturated carbocycles. The highest BCUT2D eigenvalue weighted by molar-refractivity contribution is 5.81. The number of benzene rings is 1. The molecule has 0 heterocycles. The maximum Gasteiger partial charge on any atom is 0.153 e. The number of ether oxygens (including phenoxy) is 1. The highest BCUT2D eigenvalue weighted by Gasteiger charge is 2.21. The van der Waals surface area contributed by atoms with Gasteiger partial charge in [-0.15, -0.1) is 6.58 Å². The van der Waals surface area contributed by atoms with E-state index in [4.69, 9.17) is 4.74 Å². The zero-order valence-electron chi connectivity index (χ0n) is 13.9. The average molecular weight is 288 g/mol. The number of carbonyl (C=O) groups excluding carboxylic acids is 1. The molecule has 0 aliphatic rings. The second kappa shape index (κ2) is 8.02. The van der Waals surface area contributed by atoms with Crippen LogP contribution >= 0.6 is 0 Å². The van der Waals surface area contributed by atoms with Crippen LogP contribution in [0.1, 0.15) is 68.4 Å². The summed E-state index contributed by atoms with van der Waals surface area (Å²) in [4.78, 5) is 11.5. The van der Waals surface area contributed by atoms with Gasteiger partial charge in [-0.1, -0.05) is 46.3 Å². The van der Waals surface area contributed by atoms with E-state index in [-0.39, 0.29) is 5.41 Å². The molecule has 1 rings (SSSR count). The molecule has 0 aliphatic heterocycles. The zero-order valence-corrected chi connectivity index (χ0v) is 13.9. The molecule has 21 heavy (non-hydrogen) atoms. The Labute approximate surface area is 129 Å². The van der Waals surface area contributed by atoms with Crippen LogP contribution in [0.2, 0.25) is 0 Å². The number of unbranched alkanes of at least 4 members (excludes halogenated alkanes) is 1. The SMILES string of the molecule is C=CCc1cc(C(C)(C)CC)cc(C=O)c1OCCCC. The maximum atomic E-state index is 11.5. The second-order valence-electron chi connectivity index (χ2n) is 6.10. The third-order valence-corrected chi connectivity index (χ3v) is 4.10.